The van der Waals surface area contributed by atoms with Gasteiger partial charge in [0.1, 0.15) is 18.8 Å². The molecule has 1 saturated carbocycles. The van der Waals surface area contributed by atoms with Gasteiger partial charge in [0.15, 0.2) is 23.4 Å². The first kappa shape index (κ1) is 27.2. The van der Waals surface area contributed by atoms with Crippen LogP contribution in [0.2, 0.25) is 0 Å². The molecule has 1 aromatic carbocycles. The molecule has 1 N–H and O–H groups in total. The van der Waals surface area contributed by atoms with Crippen molar-refractivity contribution in [3.63, 3.8) is 0 Å². The molecular weight excluding hydrogens is 528 g/mol. The van der Waals surface area contributed by atoms with E-state index in [4.69, 9.17) is 14.2 Å². The topological polar surface area (TPSA) is 109 Å². The number of aromatic nitrogens is 2. The van der Waals surface area contributed by atoms with E-state index in [1.165, 1.54) is 20.3 Å². The predicted octanol–water partition coefficient (Wildman–Crippen LogP) is 3.34. The van der Waals surface area contributed by atoms with Gasteiger partial charge in [0.05, 0.1) is 24.9 Å². The van der Waals surface area contributed by atoms with Gasteiger partial charge in [0, 0.05) is 30.7 Å². The number of ketones is 2. The fourth-order valence-corrected chi connectivity index (χ4v) is 3.72. The number of methoxy groups -OCH3 is 2. The van der Waals surface area contributed by atoms with Gasteiger partial charge in [-0.1, -0.05) is 0 Å². The lowest BCUT2D eigenvalue weighted by atomic mass is 10.1. The molecule has 4 rings (SSSR count). The first-order chi connectivity index (χ1) is 17.9. The van der Waals surface area contributed by atoms with Crippen molar-refractivity contribution in [3.05, 3.63) is 42.1 Å². The normalized spacial score (nSPS) is 24.2. The lowest BCUT2D eigenvalue weighted by Gasteiger charge is -2.21. The lowest BCUT2D eigenvalue weighted by Crippen LogP contribution is -2.44. The number of fused-ring (bicyclic) bond motifs is 1. The van der Waals surface area contributed by atoms with Crippen molar-refractivity contribution in [2.75, 3.05) is 32.8 Å². The molecule has 9 nitrogen and oxygen atoms in total. The van der Waals surface area contributed by atoms with Crippen molar-refractivity contribution in [1.82, 2.24) is 9.97 Å². The van der Waals surface area contributed by atoms with E-state index < -0.39 is 47.6 Å². The third-order valence-corrected chi connectivity index (χ3v) is 5.74. The summed E-state index contributed by atoms with van der Waals surface area (Å²) < 4.78 is 102. The third-order valence-electron chi connectivity index (χ3n) is 5.74. The summed E-state index contributed by atoms with van der Waals surface area (Å²) in [5, 5.41) is 2.96. The molecule has 0 amide bonds. The number of allylic oxidation sites excluding steroid dienone is 2. The zero-order valence-electron chi connectivity index (χ0n) is 19.6. The minimum absolute atomic E-state index is 0.0460. The van der Waals surface area contributed by atoms with Crippen molar-refractivity contribution in [2.24, 2.45) is 0 Å². The molecule has 2 aliphatic rings. The van der Waals surface area contributed by atoms with Gasteiger partial charge in [-0.15, -0.1) is 0 Å². The van der Waals surface area contributed by atoms with Crippen molar-refractivity contribution in [2.45, 2.75) is 30.3 Å². The first-order valence-corrected chi connectivity index (χ1v) is 10.9. The number of carbonyl (C=O) groups excluding carboxylic acids is 2. The number of benzene rings is 1. The smallest absolute Gasteiger partial charge is 0.347 e. The van der Waals surface area contributed by atoms with Crippen molar-refractivity contribution in [1.29, 1.82) is 0 Å². The summed E-state index contributed by atoms with van der Waals surface area (Å²) in [4.78, 5) is 33.2. The van der Waals surface area contributed by atoms with E-state index in [2.05, 4.69) is 20.0 Å². The number of carbonyl (C=O) groups is 2. The Morgan fingerprint density at radius 3 is 2.24 bits per heavy atom. The van der Waals surface area contributed by atoms with Crippen LogP contribution in [0.3, 0.4) is 0 Å². The van der Waals surface area contributed by atoms with Crippen LogP contribution in [0.1, 0.15) is 0 Å². The van der Waals surface area contributed by atoms with Crippen molar-refractivity contribution in [3.8, 4) is 11.5 Å². The summed E-state index contributed by atoms with van der Waals surface area (Å²) in [6.07, 6.45) is -8.28. The van der Waals surface area contributed by atoms with Crippen LogP contribution in [0.15, 0.2) is 42.1 Å². The molecule has 0 bridgehead atoms. The Morgan fingerprint density at radius 1 is 0.921 bits per heavy atom. The quantitative estimate of drug-likeness (QED) is 0.287. The third kappa shape index (κ3) is 4.61. The van der Waals surface area contributed by atoms with E-state index in [1.54, 1.807) is 6.07 Å². The van der Waals surface area contributed by atoms with Gasteiger partial charge in [-0.3, -0.25) is 9.59 Å². The lowest BCUT2D eigenvalue weighted by molar-refractivity contribution is -0.223. The Balaban J connectivity index is 1.55. The van der Waals surface area contributed by atoms with Gasteiger partial charge in [-0.2, -0.15) is 17.6 Å². The molecule has 0 aliphatic heterocycles. The maximum Gasteiger partial charge on any atom is 0.347 e. The Kier molecular flexibility index (Phi) is 7.23. The second kappa shape index (κ2) is 10.1. The Labute approximate surface area is 210 Å². The predicted molar refractivity (Wildman–Crippen MR) is 118 cm³/mol. The maximum atomic E-state index is 13.9. The number of hydrogen-bond acceptors (Lipinski definition) is 9. The molecular formula is C23H19F6N3O6. The van der Waals surface area contributed by atoms with Crippen LogP contribution in [0.4, 0.5) is 32.2 Å². The largest absolute Gasteiger partial charge is 0.493 e. The maximum absolute atomic E-state index is 13.9. The highest BCUT2D eigenvalue weighted by Gasteiger charge is 2.78. The molecule has 1 fully saturated rings. The minimum atomic E-state index is -5.37. The SMILES string of the molecule is COCCOc1cc2ncnc(NC3=CC(=O)C(OC4C(F)C(F)(F)C(F)(F)C4F)=CC3=O)c2cc1OC. The van der Waals surface area contributed by atoms with Gasteiger partial charge in [0.2, 0.25) is 23.9 Å². The molecule has 0 saturated heterocycles. The van der Waals surface area contributed by atoms with Crippen LogP contribution in [0, 0.1) is 0 Å². The summed E-state index contributed by atoms with van der Waals surface area (Å²) in [6.45, 7) is 0.530. The number of hydrogen-bond donors (Lipinski definition) is 1. The standard InChI is InChI=1S/C23H19F6N3O6/c1-35-3-4-37-17-7-11-10(5-16(17)36-2)21(31-9-30-11)32-12-6-14(34)15(8-13(12)33)38-18-19(24)22(26,27)23(28,29)20(18)25/h5-9,18-20H,3-4H2,1-2H3,(H,30,31,32). The molecule has 2 atom stereocenters. The van der Waals surface area contributed by atoms with Crippen LogP contribution >= 0.6 is 0 Å². The number of nitrogens with one attached hydrogen (secondary N) is 1. The van der Waals surface area contributed by atoms with Crippen molar-refractivity contribution < 1.29 is 54.9 Å². The average molecular weight is 547 g/mol. The summed E-state index contributed by atoms with van der Waals surface area (Å²) in [5.74, 6) is -13.3. The fraction of sp³-hybridized carbons (Fsp3) is 0.391. The molecule has 0 radical (unpaired) electrons. The van der Waals surface area contributed by atoms with E-state index in [0.717, 1.165) is 6.33 Å². The van der Waals surface area contributed by atoms with Gasteiger partial charge in [-0.05, 0) is 6.07 Å². The number of alkyl halides is 6. The van der Waals surface area contributed by atoms with E-state index in [0.29, 0.717) is 35.4 Å². The highest BCUT2D eigenvalue weighted by molar-refractivity contribution is 6.20. The molecule has 2 aromatic rings. The number of ether oxygens (including phenoxy) is 4. The van der Waals surface area contributed by atoms with E-state index in [9.17, 15) is 35.9 Å². The highest BCUT2D eigenvalue weighted by atomic mass is 19.3. The Hall–Kier alpha value is -3.88. The zero-order chi connectivity index (χ0) is 27.8. The fourth-order valence-electron chi connectivity index (χ4n) is 3.72. The molecule has 204 valence electrons. The molecule has 38 heavy (non-hydrogen) atoms. The number of halogens is 6. The summed E-state index contributed by atoms with van der Waals surface area (Å²) >= 11 is 0. The summed E-state index contributed by atoms with van der Waals surface area (Å²) in [5.41, 5.74) is -0.0195. The zero-order valence-corrected chi connectivity index (χ0v) is 19.6. The molecule has 2 unspecified atom stereocenters. The van der Waals surface area contributed by atoms with E-state index in [1.807, 2.05) is 0 Å². The van der Waals surface area contributed by atoms with Crippen LogP contribution in [-0.4, -0.2) is 79.3 Å². The summed E-state index contributed by atoms with van der Waals surface area (Å²) in [6, 6.07) is 3.04. The molecule has 1 heterocycles. The Morgan fingerprint density at radius 2 is 1.61 bits per heavy atom. The second-order valence-electron chi connectivity index (χ2n) is 8.14. The number of anilines is 1. The second-order valence-corrected chi connectivity index (χ2v) is 8.14. The van der Waals surface area contributed by atoms with Gasteiger partial charge in [-0.25, -0.2) is 18.7 Å². The Bertz CT molecular complexity index is 1310. The average Bonchev–Trinajstić information content (AvgIpc) is 2.98. The highest BCUT2D eigenvalue weighted by Crippen LogP contribution is 2.52. The van der Waals surface area contributed by atoms with Crippen LogP contribution < -0.4 is 14.8 Å². The first-order valence-electron chi connectivity index (χ1n) is 10.9. The van der Waals surface area contributed by atoms with Crippen LogP contribution in [-0.2, 0) is 19.1 Å². The summed E-state index contributed by atoms with van der Waals surface area (Å²) in [7, 11) is 2.89. The van der Waals surface area contributed by atoms with Gasteiger partial charge < -0.3 is 24.3 Å². The molecule has 1 aromatic heterocycles. The number of nitrogens with zero attached hydrogens (tertiary/aromatic N) is 2. The van der Waals surface area contributed by atoms with Crippen LogP contribution in [0.5, 0.6) is 11.5 Å². The molecule has 2 aliphatic carbocycles. The van der Waals surface area contributed by atoms with E-state index >= 15 is 0 Å². The molecule has 0 spiro atoms. The van der Waals surface area contributed by atoms with Crippen LogP contribution in [0.25, 0.3) is 10.9 Å². The van der Waals surface area contributed by atoms with E-state index in [-0.39, 0.29) is 23.9 Å². The monoisotopic (exact) mass is 547 g/mol. The van der Waals surface area contributed by atoms with Gasteiger partial charge in [0.25, 0.3) is 0 Å². The van der Waals surface area contributed by atoms with Crippen molar-refractivity contribution >= 4 is 28.3 Å². The number of rotatable bonds is 9. The minimum Gasteiger partial charge on any atom is -0.493 e. The van der Waals surface area contributed by atoms with Gasteiger partial charge >= 0.3 is 11.8 Å². The molecule has 15 heteroatoms.